The number of aryl methyl sites for hydroxylation is 1. The molecule has 0 aromatic heterocycles. The van der Waals surface area contributed by atoms with Gasteiger partial charge in [0.25, 0.3) is 0 Å². The highest BCUT2D eigenvalue weighted by molar-refractivity contribution is 5.94. The third kappa shape index (κ3) is 2.84. The highest BCUT2D eigenvalue weighted by Crippen LogP contribution is 2.31. The Hall–Kier alpha value is -2.29. The van der Waals surface area contributed by atoms with Crippen LogP contribution in [0.25, 0.3) is 0 Å². The fourth-order valence-electron chi connectivity index (χ4n) is 3.09. The topological polar surface area (TPSA) is 32.3 Å². The van der Waals surface area contributed by atoms with E-state index in [4.69, 9.17) is 0 Å². The van der Waals surface area contributed by atoms with Crippen molar-refractivity contribution >= 4 is 17.3 Å². The van der Waals surface area contributed by atoms with Crippen molar-refractivity contribution in [3.8, 4) is 0 Å². The molecule has 0 saturated heterocycles. The lowest BCUT2D eigenvalue weighted by Crippen LogP contribution is -2.25. The van der Waals surface area contributed by atoms with E-state index < -0.39 is 0 Å². The molecular weight excluding hydrogens is 272 g/mol. The first-order chi connectivity index (χ1) is 10.5. The molecule has 1 N–H and O–H groups in total. The van der Waals surface area contributed by atoms with Crippen LogP contribution in [0.5, 0.6) is 0 Å². The molecule has 0 aliphatic carbocycles. The molecule has 3 heteroatoms. The van der Waals surface area contributed by atoms with Gasteiger partial charge in [0.1, 0.15) is 0 Å². The van der Waals surface area contributed by atoms with Gasteiger partial charge in [0.05, 0.1) is 0 Å². The largest absolute Gasteiger partial charge is 0.379 e. The average molecular weight is 294 g/mol. The Kier molecular flexibility index (Phi) is 3.88. The summed E-state index contributed by atoms with van der Waals surface area (Å²) in [7, 11) is 0. The minimum atomic E-state index is 0.118. The predicted octanol–water partition coefficient (Wildman–Crippen LogP) is 4.08. The number of hydrogen-bond acceptors (Lipinski definition) is 2. The maximum atomic E-state index is 11.6. The molecule has 1 amide bonds. The fraction of sp³-hybridized carbons (Fsp3) is 0.316. The van der Waals surface area contributed by atoms with Gasteiger partial charge in [0.2, 0.25) is 5.91 Å². The monoisotopic (exact) mass is 294 g/mol. The van der Waals surface area contributed by atoms with Crippen molar-refractivity contribution in [1.29, 1.82) is 0 Å². The van der Waals surface area contributed by atoms with Crippen LogP contribution in [-0.2, 0) is 11.2 Å². The average Bonchev–Trinajstić information content (AvgIpc) is 2.90. The summed E-state index contributed by atoms with van der Waals surface area (Å²) >= 11 is 0. The molecule has 0 fully saturated rings. The Bertz CT molecular complexity index is 708. The fourth-order valence-corrected chi connectivity index (χ4v) is 3.09. The highest BCUT2D eigenvalue weighted by Gasteiger charge is 2.22. The van der Waals surface area contributed by atoms with E-state index in [2.05, 4.69) is 61.6 Å². The number of amides is 1. The molecule has 3 rings (SSSR count). The smallest absolute Gasteiger partial charge is 0.223 e. The van der Waals surface area contributed by atoms with E-state index in [1.807, 2.05) is 4.90 Å². The number of anilines is 2. The third-order valence-corrected chi connectivity index (χ3v) is 4.28. The summed E-state index contributed by atoms with van der Waals surface area (Å²) < 4.78 is 0. The minimum Gasteiger partial charge on any atom is -0.379 e. The summed E-state index contributed by atoms with van der Waals surface area (Å²) in [5, 5.41) is 3.56. The Morgan fingerprint density at radius 1 is 1.23 bits per heavy atom. The molecule has 1 heterocycles. The Morgan fingerprint density at radius 2 is 2.05 bits per heavy atom. The molecule has 1 atom stereocenters. The number of fused-ring (bicyclic) bond motifs is 1. The first kappa shape index (κ1) is 14.6. The van der Waals surface area contributed by atoms with Crippen LogP contribution in [0.3, 0.4) is 0 Å². The standard InChI is InChI=1S/C19H22N2O/c1-13-5-4-6-16(11-13)14(2)20-18-7-8-19-17(12-18)9-10-21(19)15(3)22/h4-8,11-12,14,20H,9-10H2,1-3H3. The van der Waals surface area contributed by atoms with Crippen molar-refractivity contribution in [2.45, 2.75) is 33.2 Å². The van der Waals surface area contributed by atoms with Gasteiger partial charge >= 0.3 is 0 Å². The van der Waals surface area contributed by atoms with Gasteiger partial charge in [0.15, 0.2) is 0 Å². The molecule has 1 unspecified atom stereocenters. The van der Waals surface area contributed by atoms with Crippen molar-refractivity contribution < 1.29 is 4.79 Å². The molecule has 1 aliphatic rings. The summed E-state index contributed by atoms with van der Waals surface area (Å²) in [6.45, 7) is 6.70. The molecular formula is C19H22N2O. The van der Waals surface area contributed by atoms with E-state index >= 15 is 0 Å². The summed E-state index contributed by atoms with van der Waals surface area (Å²) in [6, 6.07) is 15.1. The maximum Gasteiger partial charge on any atom is 0.223 e. The van der Waals surface area contributed by atoms with Crippen LogP contribution in [0, 0.1) is 6.92 Å². The first-order valence-electron chi connectivity index (χ1n) is 7.79. The van der Waals surface area contributed by atoms with Crippen LogP contribution in [0.4, 0.5) is 11.4 Å². The van der Waals surface area contributed by atoms with Crippen LogP contribution in [-0.4, -0.2) is 12.5 Å². The van der Waals surface area contributed by atoms with Crippen LogP contribution in [0.15, 0.2) is 42.5 Å². The first-order valence-corrected chi connectivity index (χ1v) is 7.79. The number of nitrogens with one attached hydrogen (secondary N) is 1. The van der Waals surface area contributed by atoms with Crippen LogP contribution < -0.4 is 10.2 Å². The Balaban J connectivity index is 1.78. The van der Waals surface area contributed by atoms with E-state index in [0.29, 0.717) is 0 Å². The summed E-state index contributed by atoms with van der Waals surface area (Å²) in [4.78, 5) is 13.4. The highest BCUT2D eigenvalue weighted by atomic mass is 16.2. The van der Waals surface area contributed by atoms with Crippen LogP contribution >= 0.6 is 0 Å². The van der Waals surface area contributed by atoms with E-state index in [1.165, 1.54) is 16.7 Å². The van der Waals surface area contributed by atoms with E-state index in [-0.39, 0.29) is 11.9 Å². The van der Waals surface area contributed by atoms with Crippen LogP contribution in [0.1, 0.15) is 36.6 Å². The summed E-state index contributed by atoms with van der Waals surface area (Å²) in [5.74, 6) is 0.118. The number of hydrogen-bond donors (Lipinski definition) is 1. The minimum absolute atomic E-state index is 0.118. The van der Waals surface area contributed by atoms with Gasteiger partial charge in [-0.05, 0) is 49.6 Å². The molecule has 2 aromatic carbocycles. The quantitative estimate of drug-likeness (QED) is 0.925. The van der Waals surface area contributed by atoms with Gasteiger partial charge in [0, 0.05) is 30.9 Å². The van der Waals surface area contributed by atoms with Gasteiger partial charge < -0.3 is 10.2 Å². The molecule has 114 valence electrons. The summed E-state index contributed by atoms with van der Waals surface area (Å²) in [6.07, 6.45) is 0.934. The molecule has 0 radical (unpaired) electrons. The maximum absolute atomic E-state index is 11.6. The number of carbonyl (C=O) groups is 1. The van der Waals surface area contributed by atoms with E-state index in [0.717, 1.165) is 24.3 Å². The Morgan fingerprint density at radius 3 is 2.77 bits per heavy atom. The van der Waals surface area contributed by atoms with E-state index in [9.17, 15) is 4.79 Å². The lowest BCUT2D eigenvalue weighted by Gasteiger charge is -2.18. The molecule has 3 nitrogen and oxygen atoms in total. The number of rotatable bonds is 3. The van der Waals surface area contributed by atoms with Gasteiger partial charge in [-0.15, -0.1) is 0 Å². The van der Waals surface area contributed by atoms with Gasteiger partial charge in [-0.2, -0.15) is 0 Å². The third-order valence-electron chi connectivity index (χ3n) is 4.28. The lowest BCUT2D eigenvalue weighted by atomic mass is 10.0. The van der Waals surface area contributed by atoms with Crippen LogP contribution in [0.2, 0.25) is 0 Å². The molecule has 0 saturated carbocycles. The normalized spacial score (nSPS) is 14.6. The number of nitrogens with zero attached hydrogens (tertiary/aromatic N) is 1. The summed E-state index contributed by atoms with van der Waals surface area (Å²) in [5.41, 5.74) is 5.97. The second-order valence-corrected chi connectivity index (χ2v) is 6.04. The lowest BCUT2D eigenvalue weighted by molar-refractivity contribution is -0.116. The predicted molar refractivity (Wildman–Crippen MR) is 91.4 cm³/mol. The zero-order valence-corrected chi connectivity index (χ0v) is 13.4. The van der Waals surface area contributed by atoms with Crippen molar-refractivity contribution in [3.05, 3.63) is 59.2 Å². The molecule has 0 bridgehead atoms. The van der Waals surface area contributed by atoms with Gasteiger partial charge in [-0.1, -0.05) is 29.8 Å². The van der Waals surface area contributed by atoms with Crippen molar-refractivity contribution in [2.75, 3.05) is 16.8 Å². The SMILES string of the molecule is CC(=O)N1CCc2cc(NC(C)c3cccc(C)c3)ccc21. The Labute approximate surface area is 132 Å². The number of carbonyl (C=O) groups excluding carboxylic acids is 1. The van der Waals surface area contributed by atoms with Crippen molar-refractivity contribution in [1.82, 2.24) is 0 Å². The zero-order chi connectivity index (χ0) is 15.7. The van der Waals surface area contributed by atoms with Crippen molar-refractivity contribution in [3.63, 3.8) is 0 Å². The molecule has 2 aromatic rings. The second-order valence-electron chi connectivity index (χ2n) is 6.04. The second kappa shape index (κ2) is 5.84. The molecule has 1 aliphatic heterocycles. The number of benzene rings is 2. The zero-order valence-electron chi connectivity index (χ0n) is 13.4. The van der Waals surface area contributed by atoms with Gasteiger partial charge in [-0.25, -0.2) is 0 Å². The molecule has 22 heavy (non-hydrogen) atoms. The van der Waals surface area contributed by atoms with Crippen molar-refractivity contribution in [2.24, 2.45) is 0 Å². The molecule has 0 spiro atoms. The van der Waals surface area contributed by atoms with Gasteiger partial charge in [-0.3, -0.25) is 4.79 Å². The van der Waals surface area contributed by atoms with E-state index in [1.54, 1.807) is 6.92 Å².